The molecule has 3 heteroatoms. The van der Waals surface area contributed by atoms with Gasteiger partial charge in [-0.3, -0.25) is 0 Å². The summed E-state index contributed by atoms with van der Waals surface area (Å²) < 4.78 is 0. The minimum absolute atomic E-state index is 0.777. The van der Waals surface area contributed by atoms with Gasteiger partial charge in [-0.2, -0.15) is 11.8 Å². The lowest BCUT2D eigenvalue weighted by Gasteiger charge is -2.06. The van der Waals surface area contributed by atoms with Crippen LogP contribution in [0.15, 0.2) is 54.6 Å². The molecule has 1 N–H and O–H groups in total. The van der Waals surface area contributed by atoms with E-state index in [-0.39, 0.29) is 0 Å². The van der Waals surface area contributed by atoms with Gasteiger partial charge in [0, 0.05) is 28.8 Å². The van der Waals surface area contributed by atoms with Crippen molar-refractivity contribution in [3.05, 3.63) is 65.2 Å². The van der Waals surface area contributed by atoms with Crippen molar-refractivity contribution in [2.75, 3.05) is 17.6 Å². The third kappa shape index (κ3) is 4.63. The molecule has 2 aromatic carbocycles. The first-order chi connectivity index (χ1) is 8.84. The molecule has 0 aromatic heterocycles. The Morgan fingerprint density at radius 2 is 1.67 bits per heavy atom. The van der Waals surface area contributed by atoms with Gasteiger partial charge in [0.05, 0.1) is 0 Å². The van der Waals surface area contributed by atoms with Crippen molar-refractivity contribution < 1.29 is 0 Å². The van der Waals surface area contributed by atoms with Crippen molar-refractivity contribution in [1.29, 1.82) is 0 Å². The van der Waals surface area contributed by atoms with Gasteiger partial charge >= 0.3 is 0 Å². The molecule has 0 aliphatic rings. The van der Waals surface area contributed by atoms with E-state index in [0.717, 1.165) is 28.8 Å². The Morgan fingerprint density at radius 3 is 2.39 bits per heavy atom. The van der Waals surface area contributed by atoms with Gasteiger partial charge in [-0.25, -0.2) is 0 Å². The van der Waals surface area contributed by atoms with Crippen LogP contribution < -0.4 is 5.32 Å². The summed E-state index contributed by atoms with van der Waals surface area (Å²) >= 11 is 7.77. The van der Waals surface area contributed by atoms with Crippen molar-refractivity contribution in [2.24, 2.45) is 0 Å². The molecular weight excluding hydrogens is 262 g/mol. The van der Waals surface area contributed by atoms with Gasteiger partial charge in [-0.1, -0.05) is 41.9 Å². The van der Waals surface area contributed by atoms with Crippen molar-refractivity contribution in [3.63, 3.8) is 0 Å². The normalized spacial score (nSPS) is 10.3. The van der Waals surface area contributed by atoms with Crippen LogP contribution in [0.1, 0.15) is 5.56 Å². The molecule has 0 fully saturated rings. The number of benzene rings is 2. The maximum atomic E-state index is 5.83. The van der Waals surface area contributed by atoms with E-state index in [1.165, 1.54) is 5.56 Å². The summed E-state index contributed by atoms with van der Waals surface area (Å²) in [7, 11) is 0. The zero-order valence-corrected chi connectivity index (χ0v) is 11.7. The van der Waals surface area contributed by atoms with Crippen LogP contribution in [0.25, 0.3) is 0 Å². The van der Waals surface area contributed by atoms with E-state index in [9.17, 15) is 0 Å². The summed E-state index contributed by atoms with van der Waals surface area (Å²) in [6.45, 7) is 0.971. The Bertz CT molecular complexity index is 456. The van der Waals surface area contributed by atoms with Crippen molar-refractivity contribution in [2.45, 2.75) is 5.75 Å². The molecule has 0 aliphatic carbocycles. The quantitative estimate of drug-likeness (QED) is 0.769. The number of anilines is 1. The monoisotopic (exact) mass is 277 g/mol. The van der Waals surface area contributed by atoms with E-state index in [1.807, 2.05) is 36.0 Å². The zero-order valence-electron chi connectivity index (χ0n) is 10.1. The molecule has 0 heterocycles. The molecule has 2 aromatic rings. The summed E-state index contributed by atoms with van der Waals surface area (Å²) in [5.41, 5.74) is 2.51. The Labute approximate surface area is 118 Å². The highest BCUT2D eigenvalue weighted by atomic mass is 35.5. The first kappa shape index (κ1) is 13.3. The Hall–Kier alpha value is -1.12. The molecule has 0 unspecified atom stereocenters. The van der Waals surface area contributed by atoms with Gasteiger partial charge in [0.15, 0.2) is 0 Å². The molecule has 1 nitrogen and oxygen atoms in total. The number of nitrogens with one attached hydrogen (secondary N) is 1. The summed E-state index contributed by atoms with van der Waals surface area (Å²) in [6.07, 6.45) is 0. The number of hydrogen-bond donors (Lipinski definition) is 1. The summed E-state index contributed by atoms with van der Waals surface area (Å²) in [6, 6.07) is 18.4. The highest BCUT2D eigenvalue weighted by Crippen LogP contribution is 2.14. The molecule has 0 saturated heterocycles. The largest absolute Gasteiger partial charge is 0.384 e. The van der Waals surface area contributed by atoms with Crippen LogP contribution in [-0.4, -0.2) is 12.3 Å². The van der Waals surface area contributed by atoms with Crippen molar-refractivity contribution in [1.82, 2.24) is 0 Å². The maximum Gasteiger partial charge on any atom is 0.0407 e. The lowest BCUT2D eigenvalue weighted by Crippen LogP contribution is -2.03. The number of thioether (sulfide) groups is 1. The van der Waals surface area contributed by atoms with E-state index in [1.54, 1.807) is 0 Å². The molecule has 0 amide bonds. The van der Waals surface area contributed by atoms with Gasteiger partial charge in [0.1, 0.15) is 0 Å². The number of rotatable bonds is 6. The molecule has 94 valence electrons. The first-order valence-electron chi connectivity index (χ1n) is 5.96. The van der Waals surface area contributed by atoms with Gasteiger partial charge in [0.25, 0.3) is 0 Å². The summed E-state index contributed by atoms with van der Waals surface area (Å²) in [5.74, 6) is 2.17. The van der Waals surface area contributed by atoms with E-state index in [0.29, 0.717) is 0 Å². The van der Waals surface area contributed by atoms with Gasteiger partial charge in [-0.15, -0.1) is 0 Å². The van der Waals surface area contributed by atoms with Crippen LogP contribution in [0.5, 0.6) is 0 Å². The van der Waals surface area contributed by atoms with Crippen LogP contribution in [0.4, 0.5) is 5.69 Å². The van der Waals surface area contributed by atoms with E-state index in [2.05, 4.69) is 35.6 Å². The third-order valence-electron chi connectivity index (χ3n) is 2.53. The van der Waals surface area contributed by atoms with E-state index >= 15 is 0 Å². The SMILES string of the molecule is Clc1ccc(NCCSCc2ccccc2)cc1. The van der Waals surface area contributed by atoms with Crippen LogP contribution in [0.3, 0.4) is 0 Å². The maximum absolute atomic E-state index is 5.83. The highest BCUT2D eigenvalue weighted by molar-refractivity contribution is 7.98. The summed E-state index contributed by atoms with van der Waals surface area (Å²) in [4.78, 5) is 0. The first-order valence-corrected chi connectivity index (χ1v) is 7.49. The molecule has 0 bridgehead atoms. The van der Waals surface area contributed by atoms with Crippen LogP contribution in [0, 0.1) is 0 Å². The smallest absolute Gasteiger partial charge is 0.0407 e. The fraction of sp³-hybridized carbons (Fsp3) is 0.200. The second kappa shape index (κ2) is 7.34. The molecule has 2 rings (SSSR count). The minimum Gasteiger partial charge on any atom is -0.384 e. The average molecular weight is 278 g/mol. The topological polar surface area (TPSA) is 12.0 Å². The predicted molar refractivity (Wildman–Crippen MR) is 82.5 cm³/mol. The minimum atomic E-state index is 0.777. The Kier molecular flexibility index (Phi) is 5.43. The van der Waals surface area contributed by atoms with Gasteiger partial charge in [-0.05, 0) is 29.8 Å². The summed E-state index contributed by atoms with van der Waals surface area (Å²) in [5, 5.41) is 4.16. The van der Waals surface area contributed by atoms with Crippen LogP contribution >= 0.6 is 23.4 Å². The fourth-order valence-corrected chi connectivity index (χ4v) is 2.54. The molecule has 0 radical (unpaired) electrons. The van der Waals surface area contributed by atoms with Crippen LogP contribution in [0.2, 0.25) is 5.02 Å². The molecule has 0 atom stereocenters. The third-order valence-corrected chi connectivity index (χ3v) is 3.81. The second-order valence-corrected chi connectivity index (χ2v) is 5.51. The van der Waals surface area contributed by atoms with Crippen molar-refractivity contribution >= 4 is 29.1 Å². The fourth-order valence-electron chi connectivity index (χ4n) is 1.60. The predicted octanol–water partition coefficient (Wildman–Crippen LogP) is 4.69. The number of halogens is 1. The Balaban J connectivity index is 1.63. The second-order valence-electron chi connectivity index (χ2n) is 3.97. The molecule has 0 aliphatic heterocycles. The van der Waals surface area contributed by atoms with E-state index < -0.39 is 0 Å². The lowest BCUT2D eigenvalue weighted by molar-refractivity contribution is 1.22. The Morgan fingerprint density at radius 1 is 0.944 bits per heavy atom. The van der Waals surface area contributed by atoms with Crippen molar-refractivity contribution in [3.8, 4) is 0 Å². The van der Waals surface area contributed by atoms with E-state index in [4.69, 9.17) is 11.6 Å². The van der Waals surface area contributed by atoms with Gasteiger partial charge < -0.3 is 5.32 Å². The molecular formula is C15H16ClNS. The number of hydrogen-bond acceptors (Lipinski definition) is 2. The van der Waals surface area contributed by atoms with Gasteiger partial charge in [0.2, 0.25) is 0 Å². The molecule has 0 spiro atoms. The average Bonchev–Trinajstić information content (AvgIpc) is 2.42. The molecule has 0 saturated carbocycles. The standard InChI is InChI=1S/C15H16ClNS/c16-14-6-8-15(9-7-14)17-10-11-18-12-13-4-2-1-3-5-13/h1-9,17H,10-12H2. The molecule has 18 heavy (non-hydrogen) atoms. The zero-order chi connectivity index (χ0) is 12.6. The highest BCUT2D eigenvalue weighted by Gasteiger charge is 1.94. The lowest BCUT2D eigenvalue weighted by atomic mass is 10.2. The van der Waals surface area contributed by atoms with Crippen LogP contribution in [-0.2, 0) is 5.75 Å².